The highest BCUT2D eigenvalue weighted by Crippen LogP contribution is 2.15. The zero-order chi connectivity index (χ0) is 8.97. The summed E-state index contributed by atoms with van der Waals surface area (Å²) in [5, 5.41) is 0. The molecule has 0 amide bonds. The largest absolute Gasteiger partial charge is 0.388 e. The third-order valence-electron chi connectivity index (χ3n) is 1.90. The maximum absolute atomic E-state index is 5.44. The van der Waals surface area contributed by atoms with E-state index in [9.17, 15) is 0 Å². The fourth-order valence-electron chi connectivity index (χ4n) is 1.10. The molecule has 0 heterocycles. The molecule has 0 saturated heterocycles. The van der Waals surface area contributed by atoms with Crippen molar-refractivity contribution in [2.45, 2.75) is 20.3 Å². The van der Waals surface area contributed by atoms with E-state index in [0.717, 1.165) is 13.0 Å². The van der Waals surface area contributed by atoms with Gasteiger partial charge in [0.05, 0.1) is 12.4 Å². The molecular formula is C10H16N2. The molecule has 2 N–H and O–H groups in total. The van der Waals surface area contributed by atoms with Crippen molar-refractivity contribution >= 4 is 5.84 Å². The Bertz CT molecular complexity index is 232. The molecule has 0 bridgehead atoms. The minimum absolute atomic E-state index is 0.655. The van der Waals surface area contributed by atoms with Gasteiger partial charge >= 0.3 is 0 Å². The van der Waals surface area contributed by atoms with Gasteiger partial charge in [-0.2, -0.15) is 0 Å². The van der Waals surface area contributed by atoms with Gasteiger partial charge in [0.15, 0.2) is 0 Å². The number of hydrogen-bond donors (Lipinski definition) is 1. The number of nitrogens with zero attached hydrogens (tertiary/aromatic N) is 1. The van der Waals surface area contributed by atoms with Gasteiger partial charge in [0.2, 0.25) is 0 Å². The normalized spacial score (nSPS) is 24.0. The molecule has 1 rings (SSSR count). The van der Waals surface area contributed by atoms with Crippen molar-refractivity contribution in [1.29, 1.82) is 0 Å². The predicted molar refractivity (Wildman–Crippen MR) is 53.2 cm³/mol. The molecule has 0 aliphatic heterocycles. The van der Waals surface area contributed by atoms with Crippen molar-refractivity contribution in [1.82, 2.24) is 0 Å². The Morgan fingerprint density at radius 2 is 2.50 bits per heavy atom. The minimum Gasteiger partial charge on any atom is -0.388 e. The van der Waals surface area contributed by atoms with Crippen LogP contribution in [0.3, 0.4) is 0 Å². The number of nitrogens with two attached hydrogens (primary N) is 1. The molecule has 12 heavy (non-hydrogen) atoms. The Hall–Kier alpha value is -1.05. The number of aliphatic imine (C=N–C) groups is 1. The van der Waals surface area contributed by atoms with Crippen LogP contribution < -0.4 is 5.73 Å². The Kier molecular flexibility index (Phi) is 3.09. The van der Waals surface area contributed by atoms with E-state index < -0.39 is 0 Å². The summed E-state index contributed by atoms with van der Waals surface area (Å²) in [6.07, 6.45) is 7.72. The minimum atomic E-state index is 0.655. The smallest absolute Gasteiger partial charge is 0.0909 e. The van der Waals surface area contributed by atoms with Crippen LogP contribution in [0.5, 0.6) is 0 Å². The van der Waals surface area contributed by atoms with Crippen LogP contribution in [-0.4, -0.2) is 12.4 Å². The number of amidine groups is 1. The van der Waals surface area contributed by atoms with Crippen LogP contribution in [0.2, 0.25) is 0 Å². The number of allylic oxidation sites excluding steroid dienone is 2. The van der Waals surface area contributed by atoms with Gasteiger partial charge in [-0.3, -0.25) is 4.99 Å². The first-order valence-electron chi connectivity index (χ1n) is 4.32. The van der Waals surface area contributed by atoms with Crippen LogP contribution in [0.1, 0.15) is 20.3 Å². The van der Waals surface area contributed by atoms with Crippen molar-refractivity contribution in [3.05, 3.63) is 23.8 Å². The van der Waals surface area contributed by atoms with Gasteiger partial charge in [0.1, 0.15) is 0 Å². The van der Waals surface area contributed by atoms with Crippen LogP contribution in [0.4, 0.5) is 0 Å². The first kappa shape index (κ1) is 9.04. The van der Waals surface area contributed by atoms with E-state index in [1.807, 2.05) is 6.92 Å². The topological polar surface area (TPSA) is 38.4 Å². The lowest BCUT2D eigenvalue weighted by molar-refractivity contribution is 0.728. The van der Waals surface area contributed by atoms with Crippen molar-refractivity contribution in [3.8, 4) is 0 Å². The Morgan fingerprint density at radius 3 is 3.00 bits per heavy atom. The van der Waals surface area contributed by atoms with Crippen molar-refractivity contribution in [2.75, 3.05) is 6.54 Å². The molecule has 0 aromatic heterocycles. The van der Waals surface area contributed by atoms with Gasteiger partial charge in [-0.1, -0.05) is 25.2 Å². The maximum Gasteiger partial charge on any atom is 0.0909 e. The molecule has 0 spiro atoms. The summed E-state index contributed by atoms with van der Waals surface area (Å²) in [4.78, 5) is 4.15. The second kappa shape index (κ2) is 4.10. The van der Waals surface area contributed by atoms with E-state index in [4.69, 9.17) is 5.73 Å². The zero-order valence-electron chi connectivity index (χ0n) is 7.75. The molecular weight excluding hydrogens is 148 g/mol. The molecule has 0 radical (unpaired) electrons. The Balaban J connectivity index is 2.46. The zero-order valence-corrected chi connectivity index (χ0v) is 7.75. The van der Waals surface area contributed by atoms with Gasteiger partial charge in [0.25, 0.3) is 0 Å². The monoisotopic (exact) mass is 164 g/mol. The van der Waals surface area contributed by atoms with E-state index in [-0.39, 0.29) is 0 Å². The second-order valence-electron chi connectivity index (χ2n) is 3.31. The summed E-state index contributed by atoms with van der Waals surface area (Å²) in [5.41, 5.74) is 6.71. The van der Waals surface area contributed by atoms with E-state index in [1.54, 1.807) is 0 Å². The highest BCUT2D eigenvalue weighted by molar-refractivity contribution is 5.77. The van der Waals surface area contributed by atoms with Crippen molar-refractivity contribution in [2.24, 2.45) is 16.6 Å². The molecule has 0 saturated carbocycles. The van der Waals surface area contributed by atoms with Crippen LogP contribution in [-0.2, 0) is 0 Å². The van der Waals surface area contributed by atoms with Gasteiger partial charge < -0.3 is 5.73 Å². The van der Waals surface area contributed by atoms with E-state index in [1.165, 1.54) is 5.57 Å². The lowest BCUT2D eigenvalue weighted by atomic mass is 9.99. The molecule has 1 unspecified atom stereocenters. The van der Waals surface area contributed by atoms with Crippen LogP contribution >= 0.6 is 0 Å². The summed E-state index contributed by atoms with van der Waals surface area (Å²) < 4.78 is 0. The molecule has 66 valence electrons. The fourth-order valence-corrected chi connectivity index (χ4v) is 1.10. The van der Waals surface area contributed by atoms with Gasteiger partial charge in [-0.25, -0.2) is 0 Å². The van der Waals surface area contributed by atoms with Gasteiger partial charge in [-0.05, 0) is 24.8 Å². The molecule has 0 aromatic carbocycles. The summed E-state index contributed by atoms with van der Waals surface area (Å²) in [7, 11) is 0. The van der Waals surface area contributed by atoms with Crippen LogP contribution in [0.15, 0.2) is 28.8 Å². The molecule has 1 aliphatic carbocycles. The molecule has 2 nitrogen and oxygen atoms in total. The highest BCUT2D eigenvalue weighted by atomic mass is 14.8. The fraction of sp³-hybridized carbons (Fsp3) is 0.500. The highest BCUT2D eigenvalue weighted by Gasteiger charge is 2.01. The second-order valence-corrected chi connectivity index (χ2v) is 3.31. The SMILES string of the molecule is CC(N)=NCC1=CCC(C)C=C1. The van der Waals surface area contributed by atoms with E-state index in [0.29, 0.717) is 11.8 Å². The average molecular weight is 164 g/mol. The lowest BCUT2D eigenvalue weighted by Gasteiger charge is -2.09. The van der Waals surface area contributed by atoms with Crippen molar-refractivity contribution < 1.29 is 0 Å². The molecule has 0 fully saturated rings. The average Bonchev–Trinajstić information content (AvgIpc) is 2.03. The maximum atomic E-state index is 5.44. The summed E-state index contributed by atoms with van der Waals surface area (Å²) in [6.45, 7) is 4.75. The van der Waals surface area contributed by atoms with Gasteiger partial charge in [-0.15, -0.1) is 0 Å². The summed E-state index contributed by atoms with van der Waals surface area (Å²) >= 11 is 0. The van der Waals surface area contributed by atoms with Gasteiger partial charge in [0, 0.05) is 0 Å². The quantitative estimate of drug-likeness (QED) is 0.491. The summed E-state index contributed by atoms with van der Waals surface area (Å²) in [6, 6.07) is 0. The van der Waals surface area contributed by atoms with Crippen LogP contribution in [0, 0.1) is 5.92 Å². The van der Waals surface area contributed by atoms with E-state index >= 15 is 0 Å². The summed E-state index contributed by atoms with van der Waals surface area (Å²) in [5.74, 6) is 1.33. The molecule has 1 aliphatic rings. The first-order valence-corrected chi connectivity index (χ1v) is 4.32. The Morgan fingerprint density at radius 1 is 1.75 bits per heavy atom. The third-order valence-corrected chi connectivity index (χ3v) is 1.90. The Labute approximate surface area is 73.9 Å². The number of rotatable bonds is 2. The molecule has 1 atom stereocenters. The molecule has 2 heteroatoms. The first-order chi connectivity index (χ1) is 5.68. The lowest BCUT2D eigenvalue weighted by Crippen LogP contribution is -2.07. The van der Waals surface area contributed by atoms with Crippen LogP contribution in [0.25, 0.3) is 0 Å². The van der Waals surface area contributed by atoms with E-state index in [2.05, 4.69) is 30.1 Å². The van der Waals surface area contributed by atoms with Crippen molar-refractivity contribution in [3.63, 3.8) is 0 Å². The third kappa shape index (κ3) is 2.91. The number of hydrogen-bond acceptors (Lipinski definition) is 1. The molecule has 0 aromatic rings. The predicted octanol–water partition coefficient (Wildman–Crippen LogP) is 1.89. The standard InChI is InChI=1S/C10H16N2/c1-8-3-5-10(6-4-8)7-12-9(2)11/h3,5-6,8H,4,7H2,1-2H3,(H2,11,12).